The van der Waals surface area contributed by atoms with Crippen LogP contribution in [0.25, 0.3) is 0 Å². The van der Waals surface area contributed by atoms with Gasteiger partial charge in [0, 0.05) is 25.1 Å². The summed E-state index contributed by atoms with van der Waals surface area (Å²) < 4.78 is 28.4. The first kappa shape index (κ1) is 17.9. The number of benzene rings is 1. The van der Waals surface area contributed by atoms with E-state index in [2.05, 4.69) is 10.3 Å². The molecule has 0 aliphatic heterocycles. The van der Waals surface area contributed by atoms with Crippen molar-refractivity contribution in [1.29, 1.82) is 0 Å². The predicted molar refractivity (Wildman–Crippen MR) is 91.2 cm³/mol. The Balaban J connectivity index is 1.92. The van der Waals surface area contributed by atoms with Crippen molar-refractivity contribution in [3.05, 3.63) is 59.8 Å². The number of hydrogen-bond donors (Lipinski definition) is 1. The molecule has 0 aliphatic carbocycles. The van der Waals surface area contributed by atoms with E-state index in [4.69, 9.17) is 4.74 Å². The van der Waals surface area contributed by atoms with Crippen LogP contribution in [0.2, 0.25) is 0 Å². The largest absolute Gasteiger partial charge is 0.473 e. The Hall–Kier alpha value is -2.41. The summed E-state index contributed by atoms with van der Waals surface area (Å²) in [5.74, 6) is -0.0807. The monoisotopic (exact) mass is 348 g/mol. The number of sulfone groups is 1. The highest BCUT2D eigenvalue weighted by Gasteiger charge is 2.22. The van der Waals surface area contributed by atoms with E-state index in [1.165, 1.54) is 6.92 Å². The molecule has 1 heterocycles. The van der Waals surface area contributed by atoms with Crippen molar-refractivity contribution in [2.24, 2.45) is 0 Å². The second-order valence-corrected chi connectivity index (χ2v) is 7.83. The molecule has 1 N–H and O–H groups in total. The highest BCUT2D eigenvalue weighted by atomic mass is 32.2. The van der Waals surface area contributed by atoms with E-state index in [0.29, 0.717) is 12.5 Å². The molecule has 24 heavy (non-hydrogen) atoms. The number of nitrogens with one attached hydrogen (secondary N) is 1. The third-order valence-corrected chi connectivity index (χ3v) is 5.01. The number of amides is 1. The molecule has 1 aromatic heterocycles. The zero-order valence-electron chi connectivity index (χ0n) is 13.6. The van der Waals surface area contributed by atoms with E-state index in [1.54, 1.807) is 18.3 Å². The van der Waals surface area contributed by atoms with Gasteiger partial charge in [-0.2, -0.15) is 0 Å². The molecule has 6 nitrogen and oxygen atoms in total. The lowest BCUT2D eigenvalue weighted by Gasteiger charge is -2.11. The van der Waals surface area contributed by atoms with Gasteiger partial charge in [-0.1, -0.05) is 30.3 Å². The number of carbonyl (C=O) groups is 1. The van der Waals surface area contributed by atoms with E-state index < -0.39 is 21.0 Å². The van der Waals surface area contributed by atoms with Gasteiger partial charge in [0.1, 0.15) is 11.9 Å². The van der Waals surface area contributed by atoms with Crippen LogP contribution in [0.5, 0.6) is 5.88 Å². The Morgan fingerprint density at radius 2 is 1.92 bits per heavy atom. The van der Waals surface area contributed by atoms with E-state index in [9.17, 15) is 13.2 Å². The number of carbonyl (C=O) groups excluding carboxylic acids is 1. The normalized spacial score (nSPS) is 12.4. The smallest absolute Gasteiger partial charge is 0.238 e. The molecule has 0 spiro atoms. The van der Waals surface area contributed by atoms with Crippen molar-refractivity contribution < 1.29 is 17.9 Å². The molecular formula is C17H20N2O4S. The van der Waals surface area contributed by atoms with Gasteiger partial charge in [-0.05, 0) is 24.1 Å². The maximum absolute atomic E-state index is 11.8. The zero-order chi connectivity index (χ0) is 17.6. The summed E-state index contributed by atoms with van der Waals surface area (Å²) >= 11 is 0. The Morgan fingerprint density at radius 1 is 1.21 bits per heavy atom. The molecule has 0 saturated heterocycles. The zero-order valence-corrected chi connectivity index (χ0v) is 14.4. The second kappa shape index (κ2) is 7.92. The van der Waals surface area contributed by atoms with Gasteiger partial charge in [0.05, 0.1) is 0 Å². The number of hydrogen-bond acceptors (Lipinski definition) is 5. The third-order valence-electron chi connectivity index (χ3n) is 3.51. The minimum atomic E-state index is -3.40. The van der Waals surface area contributed by atoms with Crippen molar-refractivity contribution in [3.8, 4) is 5.88 Å². The average molecular weight is 348 g/mol. The van der Waals surface area contributed by atoms with E-state index in [0.717, 1.165) is 17.4 Å². The number of rotatable bonds is 7. The topological polar surface area (TPSA) is 85.4 Å². The fraction of sp³-hybridized carbons (Fsp3) is 0.294. The van der Waals surface area contributed by atoms with Crippen LogP contribution in [0.4, 0.5) is 0 Å². The molecule has 0 unspecified atom stereocenters. The number of nitrogens with zero attached hydrogens (tertiary/aromatic N) is 1. The van der Waals surface area contributed by atoms with Crippen LogP contribution in [-0.2, 0) is 27.8 Å². The van der Waals surface area contributed by atoms with Crippen molar-refractivity contribution in [2.45, 2.75) is 25.3 Å². The maximum Gasteiger partial charge on any atom is 0.238 e. The third kappa shape index (κ3) is 5.34. The van der Waals surface area contributed by atoms with Gasteiger partial charge in [-0.3, -0.25) is 4.79 Å². The molecule has 0 saturated carbocycles. The standard InChI is InChI=1S/C17H20N2O4S/c1-13(24(2,21)22)17(20)19-11-15-8-9-18-16(10-15)23-12-14-6-4-3-5-7-14/h3-10,13H,11-12H2,1-2H3,(H,19,20)/t13-/m0/s1. The van der Waals surface area contributed by atoms with Crippen LogP contribution in [0, 0.1) is 0 Å². The van der Waals surface area contributed by atoms with Gasteiger partial charge < -0.3 is 10.1 Å². The van der Waals surface area contributed by atoms with Crippen LogP contribution in [0.3, 0.4) is 0 Å². The van der Waals surface area contributed by atoms with Gasteiger partial charge in [-0.15, -0.1) is 0 Å². The Morgan fingerprint density at radius 3 is 2.58 bits per heavy atom. The lowest BCUT2D eigenvalue weighted by molar-refractivity contribution is -0.120. The van der Waals surface area contributed by atoms with E-state index in [1.807, 2.05) is 30.3 Å². The van der Waals surface area contributed by atoms with Gasteiger partial charge in [0.2, 0.25) is 11.8 Å². The fourth-order valence-corrected chi connectivity index (χ4v) is 2.37. The highest BCUT2D eigenvalue weighted by Crippen LogP contribution is 2.12. The molecule has 128 valence electrons. The summed E-state index contributed by atoms with van der Waals surface area (Å²) in [6, 6.07) is 13.2. The van der Waals surface area contributed by atoms with Crippen molar-refractivity contribution >= 4 is 15.7 Å². The molecule has 0 aliphatic rings. The fourth-order valence-electron chi connectivity index (χ4n) is 1.90. The molecular weight excluding hydrogens is 328 g/mol. The second-order valence-electron chi connectivity index (χ2n) is 5.47. The predicted octanol–water partition coefficient (Wildman–Crippen LogP) is 1.71. The SMILES string of the molecule is C[C@@H](C(=O)NCc1ccnc(OCc2ccccc2)c1)S(C)(=O)=O. The van der Waals surface area contributed by atoms with Gasteiger partial charge >= 0.3 is 0 Å². The molecule has 7 heteroatoms. The molecule has 2 rings (SSSR count). The first-order valence-electron chi connectivity index (χ1n) is 7.44. The van der Waals surface area contributed by atoms with Crippen molar-refractivity contribution in [3.63, 3.8) is 0 Å². The van der Waals surface area contributed by atoms with Crippen molar-refractivity contribution in [2.75, 3.05) is 6.26 Å². The summed E-state index contributed by atoms with van der Waals surface area (Å²) in [6.45, 7) is 1.98. The Kier molecular flexibility index (Phi) is 5.92. The Labute approximate surface area is 141 Å². The molecule has 1 aromatic carbocycles. The number of pyridine rings is 1. The van der Waals surface area contributed by atoms with Gasteiger partial charge in [0.15, 0.2) is 9.84 Å². The Bertz CT molecular complexity index is 791. The van der Waals surface area contributed by atoms with Crippen LogP contribution < -0.4 is 10.1 Å². The van der Waals surface area contributed by atoms with Gasteiger partial charge in [0.25, 0.3) is 0 Å². The average Bonchev–Trinajstić information content (AvgIpc) is 2.57. The van der Waals surface area contributed by atoms with Crippen LogP contribution >= 0.6 is 0 Å². The molecule has 0 fully saturated rings. The first-order chi connectivity index (χ1) is 11.4. The minimum absolute atomic E-state index is 0.211. The lowest BCUT2D eigenvalue weighted by Crippen LogP contribution is -2.37. The molecule has 0 radical (unpaired) electrons. The van der Waals surface area contributed by atoms with Crippen LogP contribution in [0.15, 0.2) is 48.7 Å². The van der Waals surface area contributed by atoms with E-state index >= 15 is 0 Å². The number of aromatic nitrogens is 1. The molecule has 2 aromatic rings. The summed E-state index contributed by atoms with van der Waals surface area (Å²) in [7, 11) is -3.40. The maximum atomic E-state index is 11.8. The quantitative estimate of drug-likeness (QED) is 0.823. The molecule has 0 bridgehead atoms. The number of ether oxygens (including phenoxy) is 1. The summed E-state index contributed by atoms with van der Waals surface area (Å²) in [5, 5.41) is 1.53. The van der Waals surface area contributed by atoms with Gasteiger partial charge in [-0.25, -0.2) is 13.4 Å². The molecule has 1 atom stereocenters. The summed E-state index contributed by atoms with van der Waals surface area (Å²) in [5.41, 5.74) is 1.81. The van der Waals surface area contributed by atoms with E-state index in [-0.39, 0.29) is 6.54 Å². The highest BCUT2D eigenvalue weighted by molar-refractivity contribution is 7.92. The lowest BCUT2D eigenvalue weighted by atomic mass is 10.2. The summed E-state index contributed by atoms with van der Waals surface area (Å²) in [6.07, 6.45) is 2.63. The van der Waals surface area contributed by atoms with Crippen LogP contribution in [0.1, 0.15) is 18.1 Å². The van der Waals surface area contributed by atoms with Crippen LogP contribution in [-0.4, -0.2) is 30.8 Å². The van der Waals surface area contributed by atoms with Crippen molar-refractivity contribution in [1.82, 2.24) is 10.3 Å². The minimum Gasteiger partial charge on any atom is -0.473 e. The first-order valence-corrected chi connectivity index (χ1v) is 9.40. The molecule has 1 amide bonds. The summed E-state index contributed by atoms with van der Waals surface area (Å²) in [4.78, 5) is 15.9.